The van der Waals surface area contributed by atoms with Gasteiger partial charge in [0.25, 0.3) is 0 Å². The Morgan fingerprint density at radius 2 is 1.72 bits per heavy atom. The summed E-state index contributed by atoms with van der Waals surface area (Å²) in [5.41, 5.74) is 2.65. The number of fused-ring (bicyclic) bond motifs is 1. The van der Waals surface area contributed by atoms with Crippen LogP contribution in [0.5, 0.6) is 0 Å². The average Bonchev–Trinajstić information content (AvgIpc) is 3.27. The quantitative estimate of drug-likeness (QED) is 0.297. The van der Waals surface area contributed by atoms with Gasteiger partial charge in [0.15, 0.2) is 5.13 Å². The van der Waals surface area contributed by atoms with Gasteiger partial charge in [-0.1, -0.05) is 43.3 Å². The van der Waals surface area contributed by atoms with E-state index in [9.17, 15) is 9.59 Å². The number of amides is 2. The molecule has 1 aromatic heterocycles. The second-order valence-corrected chi connectivity index (χ2v) is 9.17. The molecule has 0 unspecified atom stereocenters. The average molecular weight is 462 g/mol. The van der Waals surface area contributed by atoms with Gasteiger partial charge in [0.2, 0.25) is 11.8 Å². The number of aromatic nitrogens is 1. The van der Waals surface area contributed by atoms with Gasteiger partial charge in [0, 0.05) is 27.9 Å². The molecule has 7 heteroatoms. The molecule has 0 spiro atoms. The van der Waals surface area contributed by atoms with Crippen LogP contribution in [0.15, 0.2) is 77.0 Å². The molecule has 4 rings (SSSR count). The number of anilines is 2. The summed E-state index contributed by atoms with van der Waals surface area (Å²) in [6.45, 7) is 1.97. The minimum absolute atomic E-state index is 0.0128. The van der Waals surface area contributed by atoms with Gasteiger partial charge >= 0.3 is 0 Å². The van der Waals surface area contributed by atoms with Crippen LogP contribution in [0.1, 0.15) is 19.8 Å². The Labute approximate surface area is 195 Å². The van der Waals surface area contributed by atoms with Crippen LogP contribution in [-0.4, -0.2) is 22.6 Å². The summed E-state index contributed by atoms with van der Waals surface area (Å²) in [6, 6.07) is 22.0. The van der Waals surface area contributed by atoms with E-state index < -0.39 is 0 Å². The molecule has 0 bridgehead atoms. The second kappa shape index (κ2) is 10.4. The zero-order chi connectivity index (χ0) is 22.3. The molecule has 0 fully saturated rings. The fourth-order valence-corrected chi connectivity index (χ4v) is 4.64. The molecule has 0 radical (unpaired) electrons. The highest BCUT2D eigenvalue weighted by molar-refractivity contribution is 8.00. The highest BCUT2D eigenvalue weighted by atomic mass is 32.2. The first-order valence-electron chi connectivity index (χ1n) is 10.4. The normalized spacial score (nSPS) is 10.8. The van der Waals surface area contributed by atoms with Gasteiger partial charge in [0.1, 0.15) is 0 Å². The molecule has 0 atom stereocenters. The van der Waals surface area contributed by atoms with E-state index in [1.807, 2.05) is 54.8 Å². The highest BCUT2D eigenvalue weighted by Gasteiger charge is 2.10. The van der Waals surface area contributed by atoms with E-state index in [0.717, 1.165) is 33.6 Å². The molecular formula is C25H23N3O2S2. The van der Waals surface area contributed by atoms with E-state index in [1.165, 1.54) is 28.5 Å². The van der Waals surface area contributed by atoms with Crippen LogP contribution in [0, 0.1) is 0 Å². The number of carbonyl (C=O) groups excluding carboxylic acids is 2. The van der Waals surface area contributed by atoms with Crippen molar-refractivity contribution in [1.82, 2.24) is 4.98 Å². The lowest BCUT2D eigenvalue weighted by molar-refractivity contribution is -0.116. The fourth-order valence-electron chi connectivity index (χ4n) is 3.20. The molecule has 0 aliphatic carbocycles. The van der Waals surface area contributed by atoms with Crippen LogP contribution in [0.4, 0.5) is 10.8 Å². The number of hydrogen-bond donors (Lipinski definition) is 2. The van der Waals surface area contributed by atoms with Crippen molar-refractivity contribution in [2.75, 3.05) is 16.4 Å². The van der Waals surface area contributed by atoms with Crippen LogP contribution >= 0.6 is 23.1 Å². The standard InChI is InChI=1S/C25H23N3O2S2/c1-2-5-23(29)26-20-10-12-21(13-11-20)31-16-24(30)28-25-27-22(15-32-25)19-9-8-17-6-3-4-7-18(17)14-19/h3-4,6-15H,2,5,16H2,1H3,(H,26,29)(H,27,28,30). The number of carbonyl (C=O) groups is 2. The Bertz CT molecular complexity index is 1240. The maximum absolute atomic E-state index is 12.4. The minimum Gasteiger partial charge on any atom is -0.326 e. The Hall–Kier alpha value is -3.16. The van der Waals surface area contributed by atoms with Gasteiger partial charge in [-0.2, -0.15) is 0 Å². The SMILES string of the molecule is CCCC(=O)Nc1ccc(SCC(=O)Nc2nc(-c3ccc4ccccc4c3)cs2)cc1. The van der Waals surface area contributed by atoms with E-state index in [4.69, 9.17) is 0 Å². The Balaban J connectivity index is 1.31. The van der Waals surface area contributed by atoms with Crippen molar-refractivity contribution in [1.29, 1.82) is 0 Å². The molecule has 2 amide bonds. The van der Waals surface area contributed by atoms with Crippen molar-refractivity contribution in [3.63, 3.8) is 0 Å². The van der Waals surface area contributed by atoms with Crippen molar-refractivity contribution in [3.8, 4) is 11.3 Å². The number of thioether (sulfide) groups is 1. The van der Waals surface area contributed by atoms with Gasteiger partial charge in [-0.25, -0.2) is 4.98 Å². The number of benzene rings is 3. The molecule has 1 heterocycles. The van der Waals surface area contributed by atoms with Gasteiger partial charge in [0.05, 0.1) is 11.4 Å². The van der Waals surface area contributed by atoms with E-state index in [0.29, 0.717) is 11.6 Å². The van der Waals surface area contributed by atoms with E-state index >= 15 is 0 Å². The molecule has 162 valence electrons. The summed E-state index contributed by atoms with van der Waals surface area (Å²) in [5, 5.41) is 10.6. The third-order valence-electron chi connectivity index (χ3n) is 4.78. The van der Waals surface area contributed by atoms with Crippen LogP contribution in [0.25, 0.3) is 22.0 Å². The maximum Gasteiger partial charge on any atom is 0.236 e. The summed E-state index contributed by atoms with van der Waals surface area (Å²) in [5.74, 6) is 0.195. The molecular weight excluding hydrogens is 438 g/mol. The van der Waals surface area contributed by atoms with Crippen LogP contribution < -0.4 is 10.6 Å². The van der Waals surface area contributed by atoms with Gasteiger partial charge < -0.3 is 10.6 Å². The first kappa shape index (κ1) is 22.0. The minimum atomic E-state index is -0.102. The molecule has 32 heavy (non-hydrogen) atoms. The largest absolute Gasteiger partial charge is 0.326 e. The molecule has 5 nitrogen and oxygen atoms in total. The third kappa shape index (κ3) is 5.75. The summed E-state index contributed by atoms with van der Waals surface area (Å²) in [7, 11) is 0. The molecule has 0 saturated heterocycles. The Morgan fingerprint density at radius 3 is 2.50 bits per heavy atom. The maximum atomic E-state index is 12.4. The van der Waals surface area contributed by atoms with E-state index in [1.54, 1.807) is 0 Å². The topological polar surface area (TPSA) is 71.1 Å². The predicted octanol–water partition coefficient (Wildman–Crippen LogP) is 6.43. The number of thiazole rings is 1. The lowest BCUT2D eigenvalue weighted by Crippen LogP contribution is -2.13. The monoisotopic (exact) mass is 461 g/mol. The fraction of sp³-hybridized carbons (Fsp3) is 0.160. The lowest BCUT2D eigenvalue weighted by Gasteiger charge is -2.06. The smallest absolute Gasteiger partial charge is 0.236 e. The van der Waals surface area contributed by atoms with Crippen molar-refractivity contribution in [3.05, 3.63) is 72.1 Å². The zero-order valence-corrected chi connectivity index (χ0v) is 19.3. The number of hydrogen-bond acceptors (Lipinski definition) is 5. The molecule has 4 aromatic rings. The summed E-state index contributed by atoms with van der Waals surface area (Å²) >= 11 is 2.86. The van der Waals surface area contributed by atoms with Crippen LogP contribution in [0.2, 0.25) is 0 Å². The van der Waals surface area contributed by atoms with Crippen molar-refractivity contribution >= 4 is 56.5 Å². The Kier molecular flexibility index (Phi) is 7.19. The molecule has 0 saturated carbocycles. The first-order valence-corrected chi connectivity index (χ1v) is 12.2. The van der Waals surface area contributed by atoms with Gasteiger partial charge in [-0.05, 0) is 47.5 Å². The van der Waals surface area contributed by atoms with Crippen LogP contribution in [-0.2, 0) is 9.59 Å². The van der Waals surface area contributed by atoms with E-state index in [-0.39, 0.29) is 17.6 Å². The molecule has 2 N–H and O–H groups in total. The number of rotatable bonds is 8. The number of nitrogens with one attached hydrogen (secondary N) is 2. The summed E-state index contributed by atoms with van der Waals surface area (Å²) in [6.07, 6.45) is 1.33. The second-order valence-electron chi connectivity index (χ2n) is 7.26. The van der Waals surface area contributed by atoms with Crippen molar-refractivity contribution in [2.45, 2.75) is 24.7 Å². The van der Waals surface area contributed by atoms with Crippen LogP contribution in [0.3, 0.4) is 0 Å². The van der Waals surface area contributed by atoms with Gasteiger partial charge in [-0.3, -0.25) is 9.59 Å². The van der Waals surface area contributed by atoms with Crippen molar-refractivity contribution < 1.29 is 9.59 Å². The third-order valence-corrected chi connectivity index (χ3v) is 6.55. The van der Waals surface area contributed by atoms with Gasteiger partial charge in [-0.15, -0.1) is 23.1 Å². The molecule has 0 aliphatic heterocycles. The molecule has 3 aromatic carbocycles. The summed E-state index contributed by atoms with van der Waals surface area (Å²) in [4.78, 5) is 29.6. The first-order chi connectivity index (χ1) is 15.6. The predicted molar refractivity (Wildman–Crippen MR) is 134 cm³/mol. The highest BCUT2D eigenvalue weighted by Crippen LogP contribution is 2.28. The Morgan fingerprint density at radius 1 is 0.938 bits per heavy atom. The number of nitrogens with zero attached hydrogens (tertiary/aromatic N) is 1. The lowest BCUT2D eigenvalue weighted by atomic mass is 10.1. The van der Waals surface area contributed by atoms with Crippen molar-refractivity contribution in [2.24, 2.45) is 0 Å². The van der Waals surface area contributed by atoms with E-state index in [2.05, 4.69) is 39.9 Å². The molecule has 0 aliphatic rings. The zero-order valence-electron chi connectivity index (χ0n) is 17.6. The summed E-state index contributed by atoms with van der Waals surface area (Å²) < 4.78 is 0.